The lowest BCUT2D eigenvalue weighted by molar-refractivity contribution is -0.143. The Hall–Kier alpha value is -3.36. The summed E-state index contributed by atoms with van der Waals surface area (Å²) in [6.45, 7) is 0.464. The summed E-state index contributed by atoms with van der Waals surface area (Å²) in [6.07, 6.45) is 2.80. The monoisotopic (exact) mass is 441 g/mol. The number of nitrogens with one attached hydrogen (secondary N) is 1. The maximum Gasteiger partial charge on any atom is 0.337 e. The van der Waals surface area contributed by atoms with Gasteiger partial charge < -0.3 is 29.7 Å². The summed E-state index contributed by atoms with van der Waals surface area (Å²) < 4.78 is 16.3. The minimum atomic E-state index is -0.658. The third kappa shape index (κ3) is 6.09. The molecule has 2 aromatic rings. The van der Waals surface area contributed by atoms with Crippen molar-refractivity contribution in [2.45, 2.75) is 31.5 Å². The molecule has 3 rings (SSSR count). The molecule has 1 heterocycles. The van der Waals surface area contributed by atoms with E-state index in [1.165, 1.54) is 13.2 Å². The number of carbonyl (C=O) groups excluding carboxylic acids is 2. The van der Waals surface area contributed by atoms with Crippen molar-refractivity contribution in [2.24, 2.45) is 0 Å². The van der Waals surface area contributed by atoms with Crippen LogP contribution >= 0.6 is 0 Å². The SMILES string of the molecule is COC(=O)c1ccc(C2C=C(C(=O)Nc3ccccc3O)OC(OCCCCO)C2)cc1. The van der Waals surface area contributed by atoms with E-state index in [0.717, 1.165) is 5.56 Å². The second-order valence-electron chi connectivity index (χ2n) is 7.31. The number of hydrogen-bond donors (Lipinski definition) is 3. The molecule has 0 aromatic heterocycles. The van der Waals surface area contributed by atoms with Gasteiger partial charge in [-0.3, -0.25) is 4.79 Å². The second kappa shape index (κ2) is 11.3. The molecule has 0 saturated carbocycles. The lowest BCUT2D eigenvalue weighted by Crippen LogP contribution is -2.29. The van der Waals surface area contributed by atoms with Crippen LogP contribution in [-0.2, 0) is 19.0 Å². The van der Waals surface area contributed by atoms with E-state index in [4.69, 9.17) is 19.3 Å². The summed E-state index contributed by atoms with van der Waals surface area (Å²) in [4.78, 5) is 24.5. The first kappa shape index (κ1) is 23.3. The van der Waals surface area contributed by atoms with Gasteiger partial charge >= 0.3 is 5.97 Å². The highest BCUT2D eigenvalue weighted by Crippen LogP contribution is 2.33. The third-order valence-electron chi connectivity index (χ3n) is 5.05. The summed E-state index contributed by atoms with van der Waals surface area (Å²) in [6, 6.07) is 13.4. The number of ether oxygens (including phenoxy) is 3. The lowest BCUT2D eigenvalue weighted by Gasteiger charge is -2.29. The largest absolute Gasteiger partial charge is 0.506 e. The maximum atomic E-state index is 12.8. The molecule has 170 valence electrons. The molecule has 32 heavy (non-hydrogen) atoms. The number of esters is 1. The lowest BCUT2D eigenvalue weighted by atomic mass is 9.92. The first-order chi connectivity index (χ1) is 15.5. The molecule has 2 aromatic carbocycles. The first-order valence-corrected chi connectivity index (χ1v) is 10.4. The van der Waals surface area contributed by atoms with Gasteiger partial charge in [0.1, 0.15) is 5.75 Å². The van der Waals surface area contributed by atoms with Gasteiger partial charge in [-0.15, -0.1) is 0 Å². The Labute approximate surface area is 186 Å². The number of aliphatic hydroxyl groups excluding tert-OH is 1. The molecular formula is C24H27NO7. The molecule has 0 fully saturated rings. The molecule has 2 atom stereocenters. The van der Waals surface area contributed by atoms with Crippen molar-refractivity contribution in [1.82, 2.24) is 0 Å². The normalized spacial score (nSPS) is 17.8. The van der Waals surface area contributed by atoms with Gasteiger partial charge in [-0.05, 0) is 48.7 Å². The van der Waals surface area contributed by atoms with E-state index in [-0.39, 0.29) is 29.7 Å². The molecule has 0 spiro atoms. The van der Waals surface area contributed by atoms with Crippen molar-refractivity contribution in [3.63, 3.8) is 0 Å². The molecule has 0 saturated heterocycles. The number of benzene rings is 2. The van der Waals surface area contributed by atoms with Crippen molar-refractivity contribution in [1.29, 1.82) is 0 Å². The molecule has 2 unspecified atom stereocenters. The van der Waals surface area contributed by atoms with Crippen LogP contribution in [-0.4, -0.2) is 48.7 Å². The maximum absolute atomic E-state index is 12.8. The molecule has 1 amide bonds. The molecule has 0 aliphatic carbocycles. The number of phenols is 1. The molecular weight excluding hydrogens is 414 g/mol. The van der Waals surface area contributed by atoms with Crippen LogP contribution in [0.2, 0.25) is 0 Å². The zero-order chi connectivity index (χ0) is 22.9. The Kier molecular flexibility index (Phi) is 8.24. The van der Waals surface area contributed by atoms with Gasteiger partial charge in [-0.2, -0.15) is 0 Å². The van der Waals surface area contributed by atoms with Crippen molar-refractivity contribution in [3.05, 3.63) is 71.5 Å². The topological polar surface area (TPSA) is 114 Å². The zero-order valence-corrected chi connectivity index (χ0v) is 17.8. The van der Waals surface area contributed by atoms with Crippen LogP contribution < -0.4 is 5.32 Å². The number of aliphatic hydroxyl groups is 1. The van der Waals surface area contributed by atoms with Gasteiger partial charge in [-0.1, -0.05) is 24.3 Å². The van der Waals surface area contributed by atoms with Crippen LogP contribution in [0.25, 0.3) is 0 Å². The van der Waals surface area contributed by atoms with E-state index in [1.807, 2.05) is 0 Å². The van der Waals surface area contributed by atoms with Crippen molar-refractivity contribution in [2.75, 3.05) is 25.6 Å². The van der Waals surface area contributed by atoms with Gasteiger partial charge in [0, 0.05) is 18.9 Å². The van der Waals surface area contributed by atoms with E-state index in [0.29, 0.717) is 31.4 Å². The number of amides is 1. The summed E-state index contributed by atoms with van der Waals surface area (Å²) >= 11 is 0. The van der Waals surface area contributed by atoms with Crippen LogP contribution in [0, 0.1) is 0 Å². The third-order valence-corrected chi connectivity index (χ3v) is 5.05. The summed E-state index contributed by atoms with van der Waals surface area (Å²) in [5.74, 6) is -1.10. The quantitative estimate of drug-likeness (QED) is 0.311. The number of anilines is 1. The Bertz CT molecular complexity index is 955. The average Bonchev–Trinajstić information content (AvgIpc) is 2.82. The fraction of sp³-hybridized carbons (Fsp3) is 0.333. The standard InChI is InChI=1S/C24H27NO7/c1-30-24(29)17-10-8-16(9-11-17)18-14-21(32-22(15-18)31-13-5-4-12-26)23(28)25-19-6-2-3-7-20(19)27/h2-3,6-11,14,18,22,26-27H,4-5,12-13,15H2,1H3,(H,25,28). The predicted molar refractivity (Wildman–Crippen MR) is 117 cm³/mol. The van der Waals surface area contributed by atoms with Crippen molar-refractivity contribution in [3.8, 4) is 5.75 Å². The number of methoxy groups -OCH3 is 1. The van der Waals surface area contributed by atoms with Gasteiger partial charge in [0.2, 0.25) is 6.29 Å². The number of para-hydroxylation sites is 2. The zero-order valence-electron chi connectivity index (χ0n) is 17.8. The fourth-order valence-electron chi connectivity index (χ4n) is 3.33. The molecule has 8 nitrogen and oxygen atoms in total. The van der Waals surface area contributed by atoms with Crippen LogP contribution in [0.5, 0.6) is 5.75 Å². The molecule has 0 bridgehead atoms. The van der Waals surface area contributed by atoms with Crippen LogP contribution in [0.1, 0.15) is 41.1 Å². The number of unbranched alkanes of at least 4 members (excludes halogenated alkanes) is 1. The predicted octanol–water partition coefficient (Wildman–Crippen LogP) is 3.32. The smallest absolute Gasteiger partial charge is 0.337 e. The molecule has 8 heteroatoms. The minimum absolute atomic E-state index is 0.0518. The molecule has 1 aliphatic rings. The summed E-state index contributed by atoms with van der Waals surface area (Å²) in [7, 11) is 1.33. The molecule has 1 aliphatic heterocycles. The average molecular weight is 441 g/mol. The van der Waals surface area contributed by atoms with E-state index < -0.39 is 18.2 Å². The van der Waals surface area contributed by atoms with Gasteiger partial charge in [0.05, 0.1) is 25.0 Å². The van der Waals surface area contributed by atoms with Crippen LogP contribution in [0.15, 0.2) is 60.4 Å². The molecule has 3 N–H and O–H groups in total. The summed E-state index contributed by atoms with van der Waals surface area (Å²) in [5.41, 5.74) is 1.59. The summed E-state index contributed by atoms with van der Waals surface area (Å²) in [5, 5.41) is 21.5. The Morgan fingerprint density at radius 2 is 1.88 bits per heavy atom. The number of allylic oxidation sites excluding steroid dienone is 1. The molecule has 0 radical (unpaired) electrons. The number of rotatable bonds is 9. The van der Waals surface area contributed by atoms with Gasteiger partial charge in [0.15, 0.2) is 5.76 Å². The number of phenolic OH excluding ortho intramolecular Hbond substituents is 1. The number of hydrogen-bond acceptors (Lipinski definition) is 7. The highest BCUT2D eigenvalue weighted by Gasteiger charge is 2.29. The van der Waals surface area contributed by atoms with Gasteiger partial charge in [0.25, 0.3) is 5.91 Å². The van der Waals surface area contributed by atoms with E-state index in [1.54, 1.807) is 48.5 Å². The number of aromatic hydroxyl groups is 1. The highest BCUT2D eigenvalue weighted by atomic mass is 16.7. The van der Waals surface area contributed by atoms with Crippen molar-refractivity contribution >= 4 is 17.6 Å². The van der Waals surface area contributed by atoms with Crippen LogP contribution in [0.4, 0.5) is 5.69 Å². The second-order valence-corrected chi connectivity index (χ2v) is 7.31. The van der Waals surface area contributed by atoms with E-state index in [9.17, 15) is 14.7 Å². The Morgan fingerprint density at radius 1 is 1.12 bits per heavy atom. The van der Waals surface area contributed by atoms with E-state index in [2.05, 4.69) is 5.32 Å². The van der Waals surface area contributed by atoms with E-state index >= 15 is 0 Å². The highest BCUT2D eigenvalue weighted by molar-refractivity contribution is 6.03. The minimum Gasteiger partial charge on any atom is -0.506 e. The number of carbonyl (C=O) groups is 2. The Balaban J connectivity index is 1.79. The van der Waals surface area contributed by atoms with Gasteiger partial charge in [-0.25, -0.2) is 4.79 Å². The first-order valence-electron chi connectivity index (χ1n) is 10.4. The fourth-order valence-corrected chi connectivity index (χ4v) is 3.33. The van der Waals surface area contributed by atoms with Crippen molar-refractivity contribution < 1.29 is 34.0 Å². The van der Waals surface area contributed by atoms with Crippen LogP contribution in [0.3, 0.4) is 0 Å². The Morgan fingerprint density at radius 3 is 2.56 bits per heavy atom.